The van der Waals surface area contributed by atoms with Crippen LogP contribution in [0.1, 0.15) is 5.56 Å². The summed E-state index contributed by atoms with van der Waals surface area (Å²) in [4.78, 5) is 0.746. The zero-order valence-corrected chi connectivity index (χ0v) is 11.2. The highest BCUT2D eigenvalue weighted by molar-refractivity contribution is 9.10. The molecule has 0 unspecified atom stereocenters. The van der Waals surface area contributed by atoms with E-state index in [0.717, 1.165) is 17.4 Å². The number of hydrogen-bond acceptors (Lipinski definition) is 0. The van der Waals surface area contributed by atoms with E-state index < -0.39 is 6.69 Å². The van der Waals surface area contributed by atoms with Gasteiger partial charge in [-0.3, -0.25) is 0 Å². The highest BCUT2D eigenvalue weighted by Crippen LogP contribution is 2.24. The van der Waals surface area contributed by atoms with Crippen molar-refractivity contribution in [3.63, 3.8) is 0 Å². The van der Waals surface area contributed by atoms with E-state index in [1.165, 1.54) is 5.56 Å². The monoisotopic (exact) mass is 296 g/mol. The van der Waals surface area contributed by atoms with Crippen LogP contribution in [0.15, 0.2) is 30.3 Å². The summed E-state index contributed by atoms with van der Waals surface area (Å²) in [5.74, 6) is 0. The van der Waals surface area contributed by atoms with Crippen LogP contribution in [0.3, 0.4) is 0 Å². The summed E-state index contributed by atoms with van der Waals surface area (Å²) >= 11 is 15.6. The van der Waals surface area contributed by atoms with Gasteiger partial charge >= 0.3 is 0 Å². The Morgan fingerprint density at radius 1 is 1.15 bits per heavy atom. The summed E-state index contributed by atoms with van der Waals surface area (Å²) in [7, 11) is 0. The molecule has 0 saturated carbocycles. The fourth-order valence-corrected chi connectivity index (χ4v) is 3.23. The molecule has 4 heteroatoms. The largest absolute Gasteiger partial charge is 0.261 e. The van der Waals surface area contributed by atoms with Gasteiger partial charge in [-0.05, 0) is 18.0 Å². The number of alkyl halides is 1. The molecule has 0 atom stereocenters. The molecule has 0 radical (unpaired) electrons. The van der Waals surface area contributed by atoms with Gasteiger partial charge in [0.15, 0.2) is 0 Å². The summed E-state index contributed by atoms with van der Waals surface area (Å²) in [5, 5.41) is 0. The minimum absolute atomic E-state index is 0.746. The van der Waals surface area contributed by atoms with Crippen LogP contribution in [0, 0.1) is 0 Å². The minimum Gasteiger partial charge on any atom is -0.145 e. The maximum atomic E-state index is 6.13. The Morgan fingerprint density at radius 2 is 1.77 bits per heavy atom. The Bertz CT molecular complexity index is 251. The average molecular weight is 298 g/mol. The lowest BCUT2D eigenvalue weighted by Crippen LogP contribution is -2.22. The van der Waals surface area contributed by atoms with Gasteiger partial charge in [-0.15, -0.1) is 22.2 Å². The maximum Gasteiger partial charge on any atom is 0.261 e. The Labute approximate surface area is 97.8 Å². The first-order valence-corrected chi connectivity index (χ1v) is 9.68. The molecule has 0 nitrogen and oxygen atoms in total. The van der Waals surface area contributed by atoms with Crippen LogP contribution in [-0.4, -0.2) is 11.6 Å². The van der Waals surface area contributed by atoms with Crippen molar-refractivity contribution in [2.75, 3.05) is 4.95 Å². The number of aryl methyl sites for hydroxylation is 1. The normalized spacial score (nSPS) is 11.6. The minimum atomic E-state index is -2.00. The van der Waals surface area contributed by atoms with Crippen molar-refractivity contribution in [3.05, 3.63) is 35.9 Å². The molecule has 72 valence electrons. The first kappa shape index (κ1) is 11.6. The first-order valence-electron chi connectivity index (χ1n) is 4.12. The second-order valence-electron chi connectivity index (χ2n) is 2.98. The van der Waals surface area contributed by atoms with E-state index in [1.807, 2.05) is 18.2 Å². The zero-order chi connectivity index (χ0) is 9.73. The van der Waals surface area contributed by atoms with E-state index >= 15 is 0 Å². The predicted octanol–water partition coefficient (Wildman–Crippen LogP) is 4.08. The number of halogens is 3. The highest BCUT2D eigenvalue weighted by atomic mass is 79.9. The summed E-state index contributed by atoms with van der Waals surface area (Å²) < 4.78 is 0. The van der Waals surface area contributed by atoms with Crippen LogP contribution in [0.25, 0.3) is 0 Å². The Hall–Kier alpha value is 0.497. The summed E-state index contributed by atoms with van der Waals surface area (Å²) in [5.41, 5.74) is 1.31. The van der Waals surface area contributed by atoms with Crippen LogP contribution >= 0.6 is 38.1 Å². The van der Waals surface area contributed by atoms with E-state index in [2.05, 4.69) is 28.1 Å². The second kappa shape index (κ2) is 5.40. The lowest BCUT2D eigenvalue weighted by molar-refractivity contribution is 1.12. The molecule has 0 amide bonds. The molecule has 0 aliphatic rings. The zero-order valence-electron chi connectivity index (χ0n) is 7.14. The molecule has 0 aromatic heterocycles. The van der Waals surface area contributed by atoms with Gasteiger partial charge in [0.1, 0.15) is 0 Å². The van der Waals surface area contributed by atoms with Gasteiger partial charge in [0.25, 0.3) is 6.69 Å². The van der Waals surface area contributed by atoms with E-state index in [4.69, 9.17) is 22.2 Å². The number of hydrogen-bond donors (Lipinski definition) is 0. The van der Waals surface area contributed by atoms with Gasteiger partial charge in [0.05, 0.1) is 0 Å². The van der Waals surface area contributed by atoms with Gasteiger partial charge in [0.2, 0.25) is 0 Å². The fourth-order valence-electron chi connectivity index (χ4n) is 1.04. The molecule has 0 fully saturated rings. The summed E-state index contributed by atoms with van der Waals surface area (Å²) in [6.07, 6.45) is 0.978. The summed E-state index contributed by atoms with van der Waals surface area (Å²) in [6, 6.07) is 11.2. The topological polar surface area (TPSA) is 0 Å². The van der Waals surface area contributed by atoms with E-state index in [0.29, 0.717) is 0 Å². The van der Waals surface area contributed by atoms with E-state index in [-0.39, 0.29) is 0 Å². The molecule has 0 aliphatic heterocycles. The first-order chi connectivity index (χ1) is 6.14. The molecule has 0 bridgehead atoms. The van der Waals surface area contributed by atoms with Crippen molar-refractivity contribution >= 4 is 44.8 Å². The molecule has 0 spiro atoms. The predicted molar refractivity (Wildman–Crippen MR) is 66.2 cm³/mol. The Morgan fingerprint density at radius 3 is 2.31 bits per heavy atom. The standard InChI is InChI=1S/C9H11BrCl2Si/c10-8-13(11,12)7-6-9-4-2-1-3-5-9/h1-5H,6-8H2. The van der Waals surface area contributed by atoms with Crippen molar-refractivity contribution < 1.29 is 0 Å². The quantitative estimate of drug-likeness (QED) is 0.446. The van der Waals surface area contributed by atoms with Crippen LogP contribution in [0.4, 0.5) is 0 Å². The van der Waals surface area contributed by atoms with Gasteiger partial charge in [0, 0.05) is 4.95 Å². The molecule has 1 rings (SSSR count). The third-order valence-electron chi connectivity index (χ3n) is 1.82. The average Bonchev–Trinajstić information content (AvgIpc) is 2.17. The van der Waals surface area contributed by atoms with Crippen LogP contribution in [0.2, 0.25) is 6.04 Å². The van der Waals surface area contributed by atoms with Crippen molar-refractivity contribution in [2.24, 2.45) is 0 Å². The van der Waals surface area contributed by atoms with Crippen molar-refractivity contribution in [1.29, 1.82) is 0 Å². The summed E-state index contributed by atoms with van der Waals surface area (Å²) in [6.45, 7) is -2.00. The van der Waals surface area contributed by atoms with E-state index in [1.54, 1.807) is 0 Å². The van der Waals surface area contributed by atoms with Crippen LogP contribution in [-0.2, 0) is 6.42 Å². The molecular formula is C9H11BrCl2Si. The molecule has 0 aliphatic carbocycles. The molecule has 1 aromatic rings. The number of benzene rings is 1. The molecular weight excluding hydrogens is 287 g/mol. The molecule has 0 saturated heterocycles. The van der Waals surface area contributed by atoms with Crippen molar-refractivity contribution in [3.8, 4) is 0 Å². The van der Waals surface area contributed by atoms with Gasteiger partial charge < -0.3 is 0 Å². The fraction of sp³-hybridized carbons (Fsp3) is 0.333. The Kier molecular flexibility index (Phi) is 4.80. The van der Waals surface area contributed by atoms with Gasteiger partial charge in [-0.1, -0.05) is 46.3 Å². The SMILES string of the molecule is Cl[Si](Cl)(CBr)CCc1ccccc1. The van der Waals surface area contributed by atoms with Crippen molar-refractivity contribution in [1.82, 2.24) is 0 Å². The molecule has 0 heterocycles. The molecule has 1 aromatic carbocycles. The maximum absolute atomic E-state index is 6.13. The third kappa shape index (κ3) is 4.50. The van der Waals surface area contributed by atoms with Crippen LogP contribution < -0.4 is 0 Å². The van der Waals surface area contributed by atoms with Crippen molar-refractivity contribution in [2.45, 2.75) is 12.5 Å². The number of rotatable bonds is 4. The second-order valence-corrected chi connectivity index (χ2v) is 12.1. The molecule has 13 heavy (non-hydrogen) atoms. The van der Waals surface area contributed by atoms with Crippen LogP contribution in [0.5, 0.6) is 0 Å². The molecule has 0 N–H and O–H groups in total. The lowest BCUT2D eigenvalue weighted by atomic mass is 10.2. The van der Waals surface area contributed by atoms with E-state index in [9.17, 15) is 0 Å². The Balaban J connectivity index is 2.44. The smallest absolute Gasteiger partial charge is 0.145 e. The van der Waals surface area contributed by atoms with Gasteiger partial charge in [-0.2, -0.15) is 0 Å². The third-order valence-corrected chi connectivity index (χ3v) is 9.93. The lowest BCUT2D eigenvalue weighted by Gasteiger charge is -2.12. The highest BCUT2D eigenvalue weighted by Gasteiger charge is 2.25. The van der Waals surface area contributed by atoms with Gasteiger partial charge in [-0.25, -0.2) is 0 Å².